The average Bonchev–Trinajstić information content (AvgIpc) is 2.55. The zero-order valence-electron chi connectivity index (χ0n) is 9.38. The molecule has 0 N–H and O–H groups in total. The van der Waals surface area contributed by atoms with Gasteiger partial charge in [-0.3, -0.25) is 0 Å². The van der Waals surface area contributed by atoms with Crippen LogP contribution in [0, 0.1) is 11.8 Å². The second kappa shape index (κ2) is 5.64. The summed E-state index contributed by atoms with van der Waals surface area (Å²) in [6.07, 6.45) is 8.83. The van der Waals surface area contributed by atoms with E-state index < -0.39 is 0 Å². The van der Waals surface area contributed by atoms with Gasteiger partial charge in [0, 0.05) is 7.11 Å². The van der Waals surface area contributed by atoms with Crippen LogP contribution >= 0.6 is 0 Å². The summed E-state index contributed by atoms with van der Waals surface area (Å²) in [6.45, 7) is 4.56. The second-order valence-corrected chi connectivity index (χ2v) is 4.87. The third-order valence-electron chi connectivity index (χ3n) is 3.14. The summed E-state index contributed by atoms with van der Waals surface area (Å²) in [5.41, 5.74) is 0. The van der Waals surface area contributed by atoms with E-state index in [2.05, 4.69) is 13.8 Å². The molecule has 13 heavy (non-hydrogen) atoms. The quantitative estimate of drug-likeness (QED) is 0.634. The number of rotatable bonds is 5. The molecule has 0 spiro atoms. The number of hydrogen-bond acceptors (Lipinski definition) is 1. The minimum Gasteiger partial charge on any atom is -0.381 e. The van der Waals surface area contributed by atoms with E-state index in [1.54, 1.807) is 0 Å². The predicted molar refractivity (Wildman–Crippen MR) is 56.8 cm³/mol. The third kappa shape index (κ3) is 4.12. The van der Waals surface area contributed by atoms with Gasteiger partial charge < -0.3 is 4.74 Å². The van der Waals surface area contributed by atoms with Crippen molar-refractivity contribution in [2.24, 2.45) is 11.8 Å². The minimum atomic E-state index is 0.517. The zero-order valence-corrected chi connectivity index (χ0v) is 9.38. The SMILES string of the molecule is COC(CC(C)C)CC1CCCC1. The first-order chi connectivity index (χ1) is 6.22. The molecule has 1 fully saturated rings. The molecule has 1 aliphatic carbocycles. The molecule has 1 saturated carbocycles. The molecule has 1 nitrogen and oxygen atoms in total. The lowest BCUT2D eigenvalue weighted by Gasteiger charge is -2.20. The van der Waals surface area contributed by atoms with Crippen LogP contribution in [0.25, 0.3) is 0 Å². The van der Waals surface area contributed by atoms with E-state index in [-0.39, 0.29) is 0 Å². The van der Waals surface area contributed by atoms with Crippen molar-refractivity contribution >= 4 is 0 Å². The van der Waals surface area contributed by atoms with Gasteiger partial charge in [0.15, 0.2) is 0 Å². The van der Waals surface area contributed by atoms with Gasteiger partial charge in [0.1, 0.15) is 0 Å². The fourth-order valence-electron chi connectivity index (χ4n) is 2.43. The first-order valence-electron chi connectivity index (χ1n) is 5.75. The van der Waals surface area contributed by atoms with Crippen molar-refractivity contribution in [2.45, 2.75) is 58.5 Å². The molecule has 0 aromatic carbocycles. The lowest BCUT2D eigenvalue weighted by molar-refractivity contribution is 0.0640. The average molecular weight is 184 g/mol. The maximum Gasteiger partial charge on any atom is 0.0576 e. The van der Waals surface area contributed by atoms with Crippen LogP contribution in [0.1, 0.15) is 52.4 Å². The predicted octanol–water partition coefficient (Wildman–Crippen LogP) is 3.63. The van der Waals surface area contributed by atoms with Gasteiger partial charge in [0.05, 0.1) is 6.10 Å². The fourth-order valence-corrected chi connectivity index (χ4v) is 2.43. The molecule has 1 unspecified atom stereocenters. The van der Waals surface area contributed by atoms with Gasteiger partial charge in [-0.1, -0.05) is 39.5 Å². The number of hydrogen-bond donors (Lipinski definition) is 0. The molecule has 0 radical (unpaired) electrons. The van der Waals surface area contributed by atoms with E-state index in [9.17, 15) is 0 Å². The van der Waals surface area contributed by atoms with Crippen LogP contribution in [0.4, 0.5) is 0 Å². The Morgan fingerprint density at radius 2 is 1.85 bits per heavy atom. The lowest BCUT2D eigenvalue weighted by Crippen LogP contribution is -2.17. The van der Waals surface area contributed by atoms with Crippen LogP contribution in [0.3, 0.4) is 0 Å². The van der Waals surface area contributed by atoms with Crippen molar-refractivity contribution in [3.63, 3.8) is 0 Å². The van der Waals surface area contributed by atoms with Crippen molar-refractivity contribution in [1.29, 1.82) is 0 Å². The zero-order chi connectivity index (χ0) is 9.68. The van der Waals surface area contributed by atoms with Crippen LogP contribution in [-0.4, -0.2) is 13.2 Å². The van der Waals surface area contributed by atoms with E-state index in [4.69, 9.17) is 4.74 Å². The van der Waals surface area contributed by atoms with Gasteiger partial charge in [0.25, 0.3) is 0 Å². The van der Waals surface area contributed by atoms with Crippen molar-refractivity contribution in [3.8, 4) is 0 Å². The molecule has 0 amide bonds. The van der Waals surface area contributed by atoms with Crippen molar-refractivity contribution in [1.82, 2.24) is 0 Å². The summed E-state index contributed by atoms with van der Waals surface area (Å²) in [7, 11) is 1.86. The van der Waals surface area contributed by atoms with E-state index in [0.717, 1.165) is 11.8 Å². The summed E-state index contributed by atoms with van der Waals surface area (Å²) in [5, 5.41) is 0. The highest BCUT2D eigenvalue weighted by Gasteiger charge is 2.20. The molecule has 0 aliphatic heterocycles. The molecule has 1 aliphatic rings. The summed E-state index contributed by atoms with van der Waals surface area (Å²) in [4.78, 5) is 0. The summed E-state index contributed by atoms with van der Waals surface area (Å²) in [5.74, 6) is 1.73. The van der Waals surface area contributed by atoms with Crippen molar-refractivity contribution in [3.05, 3.63) is 0 Å². The van der Waals surface area contributed by atoms with Crippen LogP contribution in [0.15, 0.2) is 0 Å². The highest BCUT2D eigenvalue weighted by atomic mass is 16.5. The smallest absolute Gasteiger partial charge is 0.0576 e. The van der Waals surface area contributed by atoms with Gasteiger partial charge in [-0.2, -0.15) is 0 Å². The maximum absolute atomic E-state index is 5.52. The lowest BCUT2D eigenvalue weighted by atomic mass is 9.95. The Hall–Kier alpha value is -0.0400. The van der Waals surface area contributed by atoms with E-state index in [1.807, 2.05) is 7.11 Å². The summed E-state index contributed by atoms with van der Waals surface area (Å²) < 4.78 is 5.52. The van der Waals surface area contributed by atoms with E-state index in [1.165, 1.54) is 38.5 Å². The highest BCUT2D eigenvalue weighted by Crippen LogP contribution is 2.30. The summed E-state index contributed by atoms with van der Waals surface area (Å²) in [6, 6.07) is 0. The molecule has 0 bridgehead atoms. The largest absolute Gasteiger partial charge is 0.381 e. The topological polar surface area (TPSA) is 9.23 Å². The van der Waals surface area contributed by atoms with Crippen LogP contribution in [-0.2, 0) is 4.74 Å². The monoisotopic (exact) mass is 184 g/mol. The second-order valence-electron chi connectivity index (χ2n) is 4.87. The Labute approximate surface area is 82.9 Å². The molecule has 0 aromatic rings. The Balaban J connectivity index is 2.21. The Bertz CT molecular complexity index is 125. The molecular weight excluding hydrogens is 160 g/mol. The van der Waals surface area contributed by atoms with E-state index >= 15 is 0 Å². The van der Waals surface area contributed by atoms with Crippen LogP contribution < -0.4 is 0 Å². The molecule has 0 saturated heterocycles. The first-order valence-corrected chi connectivity index (χ1v) is 5.75. The Morgan fingerprint density at radius 3 is 2.31 bits per heavy atom. The molecule has 78 valence electrons. The Kier molecular flexibility index (Phi) is 4.79. The van der Waals surface area contributed by atoms with Gasteiger partial charge in [-0.05, 0) is 24.7 Å². The highest BCUT2D eigenvalue weighted by molar-refractivity contribution is 4.72. The number of methoxy groups -OCH3 is 1. The van der Waals surface area contributed by atoms with Gasteiger partial charge in [0.2, 0.25) is 0 Å². The first kappa shape index (κ1) is 11.0. The number of ether oxygens (including phenoxy) is 1. The molecule has 1 atom stereocenters. The van der Waals surface area contributed by atoms with Gasteiger partial charge in [-0.25, -0.2) is 0 Å². The molecule has 0 aromatic heterocycles. The third-order valence-corrected chi connectivity index (χ3v) is 3.14. The minimum absolute atomic E-state index is 0.517. The van der Waals surface area contributed by atoms with Crippen molar-refractivity contribution < 1.29 is 4.74 Å². The van der Waals surface area contributed by atoms with Crippen LogP contribution in [0.5, 0.6) is 0 Å². The van der Waals surface area contributed by atoms with Crippen molar-refractivity contribution in [2.75, 3.05) is 7.11 Å². The Morgan fingerprint density at radius 1 is 1.23 bits per heavy atom. The molecule has 0 heterocycles. The molecule has 1 heteroatoms. The fraction of sp³-hybridized carbons (Fsp3) is 1.00. The maximum atomic E-state index is 5.52. The summed E-state index contributed by atoms with van der Waals surface area (Å²) >= 11 is 0. The van der Waals surface area contributed by atoms with Crippen LogP contribution in [0.2, 0.25) is 0 Å². The normalized spacial score (nSPS) is 21.2. The molecule has 1 rings (SSSR count). The standard InChI is InChI=1S/C12H24O/c1-10(2)8-12(13-3)9-11-6-4-5-7-11/h10-12H,4-9H2,1-3H3. The van der Waals surface area contributed by atoms with E-state index in [0.29, 0.717) is 6.10 Å². The molecular formula is C12H24O. The van der Waals surface area contributed by atoms with Gasteiger partial charge >= 0.3 is 0 Å². The van der Waals surface area contributed by atoms with Gasteiger partial charge in [-0.15, -0.1) is 0 Å².